The molecular formula is C23H26ClNZr. The zero-order chi connectivity index (χ0) is 18.4. The number of benzene rings is 1. The molecule has 0 fully saturated rings. The second-order valence-corrected chi connectivity index (χ2v) is 6.22. The number of alkyl halides is 1. The van der Waals surface area contributed by atoms with Crippen molar-refractivity contribution in [3.05, 3.63) is 83.2 Å². The van der Waals surface area contributed by atoms with Gasteiger partial charge < -0.3 is 4.57 Å². The van der Waals surface area contributed by atoms with Crippen LogP contribution in [0.1, 0.15) is 31.4 Å². The van der Waals surface area contributed by atoms with Gasteiger partial charge in [0.25, 0.3) is 0 Å². The van der Waals surface area contributed by atoms with E-state index in [4.69, 9.17) is 0 Å². The number of aryl methyl sites for hydroxylation is 2. The first-order valence-electron chi connectivity index (χ1n) is 8.48. The van der Waals surface area contributed by atoms with Gasteiger partial charge in [-0.15, -0.1) is 59.5 Å². The first-order valence-corrected chi connectivity index (χ1v) is 9.24. The normalized spacial score (nSPS) is 12.2. The van der Waals surface area contributed by atoms with Crippen LogP contribution in [0.25, 0.3) is 16.5 Å². The number of halogens is 1. The molecule has 0 amide bonds. The van der Waals surface area contributed by atoms with Gasteiger partial charge in [0.1, 0.15) is 0 Å². The van der Waals surface area contributed by atoms with E-state index in [9.17, 15) is 0 Å². The molecule has 1 aliphatic carbocycles. The van der Waals surface area contributed by atoms with Crippen molar-refractivity contribution in [1.82, 2.24) is 4.57 Å². The Labute approximate surface area is 181 Å². The fraction of sp³-hybridized carbons (Fsp3) is 0.261. The molecule has 3 heteroatoms. The molecule has 0 radical (unpaired) electrons. The third kappa shape index (κ3) is 5.38. The molecule has 1 aromatic heterocycles. The minimum atomic E-state index is 0. The van der Waals surface area contributed by atoms with Gasteiger partial charge >= 0.3 is 26.2 Å². The zero-order valence-corrected chi connectivity index (χ0v) is 19.4. The van der Waals surface area contributed by atoms with Crippen LogP contribution >= 0.6 is 11.6 Å². The molecule has 4 rings (SSSR count). The summed E-state index contributed by atoms with van der Waals surface area (Å²) in [6.07, 6.45) is 12.0. The van der Waals surface area contributed by atoms with Crippen LogP contribution in [0.3, 0.4) is 0 Å². The predicted octanol–water partition coefficient (Wildman–Crippen LogP) is 6.90. The van der Waals surface area contributed by atoms with Crippen molar-refractivity contribution in [3.63, 3.8) is 0 Å². The van der Waals surface area contributed by atoms with Crippen LogP contribution in [-0.2, 0) is 26.2 Å². The Morgan fingerprint density at radius 1 is 1.00 bits per heavy atom. The number of rotatable bonds is 1. The average Bonchev–Trinajstić information content (AvgIpc) is 3.35. The fourth-order valence-electron chi connectivity index (χ4n) is 2.88. The average molecular weight is 443 g/mol. The van der Waals surface area contributed by atoms with E-state index in [0.29, 0.717) is 0 Å². The van der Waals surface area contributed by atoms with Crippen molar-refractivity contribution < 1.29 is 26.2 Å². The second kappa shape index (κ2) is 10.8. The van der Waals surface area contributed by atoms with Gasteiger partial charge in [0.05, 0.1) is 0 Å². The summed E-state index contributed by atoms with van der Waals surface area (Å²) in [5.74, 6) is 0. The minimum absolute atomic E-state index is 0. The molecule has 0 aliphatic heterocycles. The van der Waals surface area contributed by atoms with Crippen LogP contribution in [0, 0.1) is 19.9 Å². The topological polar surface area (TPSA) is 4.93 Å². The number of fused-ring (bicyclic) bond motifs is 1. The number of nitrogens with zero attached hydrogens (tertiary/aromatic N) is 1. The van der Waals surface area contributed by atoms with Crippen molar-refractivity contribution in [2.75, 3.05) is 6.38 Å². The Hall–Kier alpha value is -1.24. The summed E-state index contributed by atoms with van der Waals surface area (Å²) < 4.78 is 2.15. The van der Waals surface area contributed by atoms with Gasteiger partial charge in [-0.25, -0.2) is 11.1 Å². The smallest absolute Gasteiger partial charge is 0.342 e. The molecule has 0 bridgehead atoms. The van der Waals surface area contributed by atoms with E-state index in [1.807, 2.05) is 0 Å². The van der Waals surface area contributed by atoms with Gasteiger partial charge in [0.2, 0.25) is 0 Å². The summed E-state index contributed by atoms with van der Waals surface area (Å²) in [5.41, 5.74) is 6.65. The minimum Gasteiger partial charge on any atom is -0.342 e. The van der Waals surface area contributed by atoms with E-state index in [0.717, 1.165) is 6.42 Å². The number of hydrogen-bond acceptors (Lipinski definition) is 0. The van der Waals surface area contributed by atoms with Gasteiger partial charge in [-0.2, -0.15) is 6.08 Å². The molecule has 0 saturated carbocycles. The molecule has 3 aromatic rings. The third-order valence-electron chi connectivity index (χ3n) is 4.58. The maximum atomic E-state index is 4.64. The molecule has 26 heavy (non-hydrogen) atoms. The van der Waals surface area contributed by atoms with E-state index in [1.54, 1.807) is 0 Å². The van der Waals surface area contributed by atoms with E-state index in [-0.39, 0.29) is 26.2 Å². The summed E-state index contributed by atoms with van der Waals surface area (Å²) in [5, 5.41) is 2.73. The monoisotopic (exact) mass is 441 g/mol. The maximum absolute atomic E-state index is 4.64. The van der Waals surface area contributed by atoms with Gasteiger partial charge in [-0.3, -0.25) is 6.08 Å². The predicted molar refractivity (Wildman–Crippen MR) is 111 cm³/mol. The van der Waals surface area contributed by atoms with Crippen LogP contribution in [0.2, 0.25) is 0 Å². The Morgan fingerprint density at radius 2 is 1.62 bits per heavy atom. The van der Waals surface area contributed by atoms with Gasteiger partial charge in [0.15, 0.2) is 0 Å². The van der Waals surface area contributed by atoms with Crippen LogP contribution in [0.5, 0.6) is 0 Å². The van der Waals surface area contributed by atoms with E-state index in [2.05, 4.69) is 105 Å². The molecule has 0 atom stereocenters. The third-order valence-corrected chi connectivity index (χ3v) is 4.58. The standard InChI is InChI=1S/C15H14N.C7H9.CH3Cl.Zr/c1-11-5-6-12(2)15-10-13(9-14(11)15)16-7-3-4-8-16;1-6-4-3-5-7(6)2;1-2;/h3-10H,1-2H3;4H,3H2,1-2H3;1H3;/q2*-1;;+2. The number of allylic oxidation sites excluding steroid dienone is 4. The summed E-state index contributed by atoms with van der Waals surface area (Å²) >= 11 is 4.64. The van der Waals surface area contributed by atoms with E-state index in [1.165, 1.54) is 45.1 Å². The van der Waals surface area contributed by atoms with Crippen LogP contribution < -0.4 is 0 Å². The van der Waals surface area contributed by atoms with Gasteiger partial charge in [-0.05, 0) is 24.7 Å². The zero-order valence-electron chi connectivity index (χ0n) is 16.2. The first-order chi connectivity index (χ1) is 12.1. The fourth-order valence-corrected chi connectivity index (χ4v) is 2.88. The molecule has 134 valence electrons. The largest absolute Gasteiger partial charge is 2.00 e. The first kappa shape index (κ1) is 22.8. The van der Waals surface area contributed by atoms with E-state index < -0.39 is 0 Å². The van der Waals surface area contributed by atoms with Gasteiger partial charge in [-0.1, -0.05) is 25.5 Å². The molecule has 0 saturated heterocycles. The molecule has 1 aliphatic rings. The van der Waals surface area contributed by atoms with Crippen molar-refractivity contribution in [2.24, 2.45) is 0 Å². The molecule has 1 heterocycles. The van der Waals surface area contributed by atoms with Crippen LogP contribution in [-0.4, -0.2) is 11.0 Å². The summed E-state index contributed by atoms with van der Waals surface area (Å²) in [6, 6.07) is 13.0. The SMILES string of the molecule is CC1=[C-]CC=C1C.CCl.Cc1ccc(C)c2[cH-]c(-n3cccc3)cc12.[Zr+2]. The molecule has 0 N–H and O–H groups in total. The van der Waals surface area contributed by atoms with Crippen LogP contribution in [0.4, 0.5) is 0 Å². The summed E-state index contributed by atoms with van der Waals surface area (Å²) in [4.78, 5) is 0. The number of hydrogen-bond donors (Lipinski definition) is 0. The quantitative estimate of drug-likeness (QED) is 0.285. The Balaban J connectivity index is 0.000000287. The molecule has 1 nitrogen and oxygen atoms in total. The maximum Gasteiger partial charge on any atom is 2.00 e. The Bertz CT molecular complexity index is 827. The molecule has 2 aromatic carbocycles. The summed E-state index contributed by atoms with van der Waals surface area (Å²) in [7, 11) is 0. The van der Waals surface area contributed by atoms with Gasteiger partial charge in [0, 0.05) is 18.8 Å². The van der Waals surface area contributed by atoms with Crippen molar-refractivity contribution in [3.8, 4) is 5.69 Å². The molecule has 0 spiro atoms. The van der Waals surface area contributed by atoms with Crippen molar-refractivity contribution in [1.29, 1.82) is 0 Å². The van der Waals surface area contributed by atoms with E-state index >= 15 is 0 Å². The summed E-state index contributed by atoms with van der Waals surface area (Å²) in [6.45, 7) is 8.55. The van der Waals surface area contributed by atoms with Crippen molar-refractivity contribution >= 4 is 22.4 Å². The molecular weight excluding hydrogens is 417 g/mol. The van der Waals surface area contributed by atoms with Crippen molar-refractivity contribution in [2.45, 2.75) is 34.1 Å². The number of aromatic nitrogens is 1. The second-order valence-electron chi connectivity index (χ2n) is 6.22. The van der Waals surface area contributed by atoms with Crippen LogP contribution in [0.15, 0.2) is 66.0 Å². The Kier molecular flexibility index (Phi) is 9.47. The Morgan fingerprint density at radius 3 is 2.08 bits per heavy atom. The molecule has 0 unspecified atom stereocenters.